The van der Waals surface area contributed by atoms with Crippen molar-refractivity contribution in [1.82, 2.24) is 0 Å². The zero-order chi connectivity index (χ0) is 21.7. The number of carbonyl (C=O) groups is 2. The molecule has 0 amide bonds. The molecule has 4 aliphatic rings. The van der Waals surface area contributed by atoms with Crippen LogP contribution in [0, 0.1) is 22.7 Å². The molecule has 7 nitrogen and oxygen atoms in total. The molecule has 7 atom stereocenters. The van der Waals surface area contributed by atoms with Gasteiger partial charge in [0.05, 0.1) is 30.5 Å². The fraction of sp³-hybridized carbons (Fsp3) is 0.818. The summed E-state index contributed by atoms with van der Waals surface area (Å²) >= 11 is 5.53. The highest BCUT2D eigenvalue weighted by molar-refractivity contribution is 6.26. The van der Waals surface area contributed by atoms with Gasteiger partial charge in [0.2, 0.25) is 0 Å². The number of esters is 2. The average Bonchev–Trinajstić information content (AvgIpc) is 3.42. The molecule has 2 N–H and O–H groups in total. The van der Waals surface area contributed by atoms with Crippen molar-refractivity contribution in [3.8, 4) is 0 Å². The van der Waals surface area contributed by atoms with Gasteiger partial charge in [0.25, 0.3) is 0 Å². The summed E-state index contributed by atoms with van der Waals surface area (Å²) in [6, 6.07) is 0. The second-order valence-corrected chi connectivity index (χ2v) is 10.1. The van der Waals surface area contributed by atoms with Crippen molar-refractivity contribution in [2.24, 2.45) is 22.7 Å². The average molecular weight is 443 g/mol. The molecule has 2 heterocycles. The van der Waals surface area contributed by atoms with Crippen LogP contribution in [0.25, 0.3) is 0 Å². The first-order valence-corrected chi connectivity index (χ1v) is 11.3. The van der Waals surface area contributed by atoms with Crippen LogP contribution in [0.1, 0.15) is 46.0 Å². The van der Waals surface area contributed by atoms with Crippen LogP contribution in [-0.2, 0) is 23.8 Å². The Morgan fingerprint density at radius 1 is 1.33 bits per heavy atom. The zero-order valence-electron chi connectivity index (χ0n) is 17.6. The minimum atomic E-state index is -0.733. The van der Waals surface area contributed by atoms with Gasteiger partial charge in [0.15, 0.2) is 6.10 Å². The normalized spacial score (nSPS) is 46.6. The quantitative estimate of drug-likeness (QED) is 0.290. The Morgan fingerprint density at radius 3 is 2.70 bits per heavy atom. The predicted molar refractivity (Wildman–Crippen MR) is 108 cm³/mol. The Bertz CT molecular complexity index is 748. The largest absolute Gasteiger partial charge is 0.458 e. The summed E-state index contributed by atoms with van der Waals surface area (Å²) < 4.78 is 16.3. The Morgan fingerprint density at radius 2 is 2.07 bits per heavy atom. The molecule has 0 aromatic heterocycles. The van der Waals surface area contributed by atoms with Crippen LogP contribution in [0.15, 0.2) is 11.6 Å². The Balaban J connectivity index is 1.61. The first-order valence-electron chi connectivity index (χ1n) is 10.8. The molecular weight excluding hydrogens is 412 g/mol. The lowest BCUT2D eigenvalue weighted by molar-refractivity contribution is -0.175. The fourth-order valence-corrected chi connectivity index (χ4v) is 6.58. The summed E-state index contributed by atoms with van der Waals surface area (Å²) in [5.41, 5.74) is -0.561. The third-order valence-electron chi connectivity index (χ3n) is 8.36. The van der Waals surface area contributed by atoms with Gasteiger partial charge in [-0.3, -0.25) is 4.79 Å². The van der Waals surface area contributed by atoms with Crippen molar-refractivity contribution in [3.05, 3.63) is 11.6 Å². The zero-order valence-corrected chi connectivity index (χ0v) is 18.3. The van der Waals surface area contributed by atoms with E-state index in [9.17, 15) is 19.8 Å². The molecular formula is C22H31ClO7. The number of cyclic esters (lactones) is 1. The predicted octanol–water partition coefficient (Wildman–Crippen LogP) is 1.97. The highest BCUT2D eigenvalue weighted by Gasteiger charge is 2.66. The van der Waals surface area contributed by atoms with Crippen molar-refractivity contribution in [2.45, 2.75) is 63.8 Å². The number of halogens is 1. The third-order valence-corrected chi connectivity index (χ3v) is 8.58. The first-order chi connectivity index (χ1) is 14.2. The Labute approximate surface area is 181 Å². The number of aliphatic hydroxyl groups is 2. The van der Waals surface area contributed by atoms with Crippen molar-refractivity contribution in [2.75, 3.05) is 25.7 Å². The Hall–Kier alpha value is -1.15. The van der Waals surface area contributed by atoms with Gasteiger partial charge in [0, 0.05) is 5.41 Å². The van der Waals surface area contributed by atoms with Gasteiger partial charge in [-0.1, -0.05) is 19.9 Å². The van der Waals surface area contributed by atoms with Crippen LogP contribution in [0.5, 0.6) is 0 Å². The summed E-state index contributed by atoms with van der Waals surface area (Å²) in [7, 11) is 0. The Kier molecular flexibility index (Phi) is 5.71. The third kappa shape index (κ3) is 3.38. The second-order valence-electron chi connectivity index (χ2n) is 9.83. The summed E-state index contributed by atoms with van der Waals surface area (Å²) in [5, 5.41) is 20.8. The number of alkyl halides is 1. The maximum absolute atomic E-state index is 12.2. The van der Waals surface area contributed by atoms with E-state index in [4.69, 9.17) is 25.8 Å². The SMILES string of the molecule is C[C@]1(CO)[C@H]2CC[C@]3(CO3)[C@@H](C/C=C3/C(=O)OC[C@H]3OC(=O)CCl)[C@]2(C)CC[C@H]1O. The van der Waals surface area contributed by atoms with E-state index in [1.807, 2.05) is 13.0 Å². The molecule has 4 rings (SSSR count). The smallest absolute Gasteiger partial charge is 0.337 e. The van der Waals surface area contributed by atoms with E-state index < -0.39 is 29.6 Å². The number of allylic oxidation sites excluding steroid dienone is 1. The minimum Gasteiger partial charge on any atom is -0.458 e. The van der Waals surface area contributed by atoms with Gasteiger partial charge in [-0.2, -0.15) is 0 Å². The number of carbonyl (C=O) groups excluding carboxylic acids is 2. The molecule has 0 bridgehead atoms. The van der Waals surface area contributed by atoms with E-state index in [1.54, 1.807) is 0 Å². The first kappa shape index (κ1) is 22.1. The monoisotopic (exact) mass is 442 g/mol. The lowest BCUT2D eigenvalue weighted by Gasteiger charge is -2.60. The molecule has 30 heavy (non-hydrogen) atoms. The standard InChI is InChI=1S/C22H31ClO7/c1-20-7-6-17(25)21(2,11-24)15(20)5-8-22(12-29-22)16(20)4-3-13-14(10-28-19(13)27)30-18(26)9-23/h3,14-17,24-25H,4-12H2,1-2H3/b13-3+/t14-,15+,16+,17-,20-,21+,22+/m1/s1. The van der Waals surface area contributed by atoms with Crippen LogP contribution in [-0.4, -0.2) is 65.7 Å². The lowest BCUT2D eigenvalue weighted by Crippen LogP contribution is -2.60. The topological polar surface area (TPSA) is 106 Å². The summed E-state index contributed by atoms with van der Waals surface area (Å²) in [4.78, 5) is 23.8. The van der Waals surface area contributed by atoms with Gasteiger partial charge in [-0.05, 0) is 49.4 Å². The van der Waals surface area contributed by atoms with Gasteiger partial charge >= 0.3 is 11.9 Å². The van der Waals surface area contributed by atoms with E-state index >= 15 is 0 Å². The fourth-order valence-electron chi connectivity index (χ4n) is 6.52. The van der Waals surface area contributed by atoms with Crippen LogP contribution >= 0.6 is 11.6 Å². The lowest BCUT2D eigenvalue weighted by atomic mass is 9.45. The van der Waals surface area contributed by atoms with Crippen LogP contribution < -0.4 is 0 Å². The maximum Gasteiger partial charge on any atom is 0.337 e. The molecule has 0 aromatic carbocycles. The summed E-state index contributed by atoms with van der Waals surface area (Å²) in [6.07, 6.45) is 4.40. The number of ether oxygens (including phenoxy) is 3. The number of hydrogen-bond donors (Lipinski definition) is 2. The van der Waals surface area contributed by atoms with Crippen molar-refractivity contribution < 1.29 is 34.0 Å². The van der Waals surface area contributed by atoms with Crippen molar-refractivity contribution in [3.63, 3.8) is 0 Å². The molecule has 1 spiro atoms. The molecule has 2 saturated heterocycles. The molecule has 2 aliphatic carbocycles. The summed E-state index contributed by atoms with van der Waals surface area (Å²) in [6.45, 7) is 4.86. The molecule has 168 valence electrons. The highest BCUT2D eigenvalue weighted by atomic mass is 35.5. The number of rotatable bonds is 5. The number of epoxide rings is 1. The van der Waals surface area contributed by atoms with E-state index in [0.717, 1.165) is 19.3 Å². The van der Waals surface area contributed by atoms with Gasteiger partial charge in [0.1, 0.15) is 12.5 Å². The second kappa shape index (κ2) is 7.76. The number of hydrogen-bond acceptors (Lipinski definition) is 7. The van der Waals surface area contributed by atoms with Gasteiger partial charge in [-0.15, -0.1) is 11.6 Å². The van der Waals surface area contributed by atoms with Gasteiger partial charge in [-0.25, -0.2) is 4.79 Å². The van der Waals surface area contributed by atoms with Crippen molar-refractivity contribution in [1.29, 1.82) is 0 Å². The van der Waals surface area contributed by atoms with E-state index in [0.29, 0.717) is 25.0 Å². The minimum absolute atomic E-state index is 0.00821. The molecule has 0 aromatic rings. The molecule has 8 heteroatoms. The van der Waals surface area contributed by atoms with Gasteiger partial charge < -0.3 is 24.4 Å². The van der Waals surface area contributed by atoms with Crippen molar-refractivity contribution >= 4 is 23.5 Å². The van der Waals surface area contributed by atoms with Crippen LogP contribution in [0.3, 0.4) is 0 Å². The molecule has 2 saturated carbocycles. The highest BCUT2D eigenvalue weighted by Crippen LogP contribution is 2.66. The van der Waals surface area contributed by atoms with E-state index in [1.165, 1.54) is 0 Å². The van der Waals surface area contributed by atoms with E-state index in [2.05, 4.69) is 6.92 Å². The maximum atomic E-state index is 12.2. The molecule has 0 unspecified atom stereocenters. The van der Waals surface area contributed by atoms with E-state index in [-0.39, 0.29) is 41.9 Å². The summed E-state index contributed by atoms with van der Waals surface area (Å²) in [5.74, 6) is -1.05. The van der Waals surface area contributed by atoms with Crippen LogP contribution in [0.4, 0.5) is 0 Å². The number of aliphatic hydroxyl groups excluding tert-OH is 2. The molecule has 2 aliphatic heterocycles. The number of fused-ring (bicyclic) bond motifs is 1. The molecule has 0 radical (unpaired) electrons. The molecule has 4 fully saturated rings. The van der Waals surface area contributed by atoms with Crippen LogP contribution in [0.2, 0.25) is 0 Å².